The highest BCUT2D eigenvalue weighted by atomic mass is 79.9. The van der Waals surface area contributed by atoms with E-state index in [1.165, 1.54) is 4.68 Å². The molecule has 0 aliphatic carbocycles. The highest BCUT2D eigenvalue weighted by molar-refractivity contribution is 9.10. The summed E-state index contributed by atoms with van der Waals surface area (Å²) in [7, 11) is 1.72. The van der Waals surface area contributed by atoms with Crippen molar-refractivity contribution < 1.29 is 9.21 Å². The van der Waals surface area contributed by atoms with Crippen molar-refractivity contribution in [1.82, 2.24) is 9.78 Å². The van der Waals surface area contributed by atoms with Gasteiger partial charge in [-0.25, -0.2) is 0 Å². The van der Waals surface area contributed by atoms with Gasteiger partial charge in [0.05, 0.1) is 10.7 Å². The fourth-order valence-electron chi connectivity index (χ4n) is 1.88. The highest BCUT2D eigenvalue weighted by Gasteiger charge is 2.20. The van der Waals surface area contributed by atoms with Crippen LogP contribution in [0.2, 0.25) is 0 Å². The SMILES string of the molecule is Cn1ncc(Br)c1C(=O)c1cc2ccccc2o1. The summed E-state index contributed by atoms with van der Waals surface area (Å²) in [6.07, 6.45) is 1.59. The molecular weight excluding hydrogens is 296 g/mol. The molecule has 2 heterocycles. The third-order valence-corrected chi connectivity index (χ3v) is 3.34. The van der Waals surface area contributed by atoms with Crippen LogP contribution in [-0.2, 0) is 7.05 Å². The van der Waals surface area contributed by atoms with Gasteiger partial charge >= 0.3 is 0 Å². The second-order valence-electron chi connectivity index (χ2n) is 3.94. The number of hydrogen-bond acceptors (Lipinski definition) is 3. The standard InChI is InChI=1S/C13H9BrN2O2/c1-16-12(9(14)7-15-16)13(17)11-6-8-4-2-3-5-10(8)18-11/h2-7H,1H3. The molecule has 0 fully saturated rings. The Hall–Kier alpha value is -1.88. The number of benzene rings is 1. The molecular formula is C13H9BrN2O2. The number of ketones is 1. The number of carbonyl (C=O) groups excluding carboxylic acids is 1. The Labute approximate surface area is 111 Å². The van der Waals surface area contributed by atoms with Crippen LogP contribution < -0.4 is 0 Å². The fourth-order valence-corrected chi connectivity index (χ4v) is 2.40. The number of furan rings is 1. The van der Waals surface area contributed by atoms with Crippen molar-refractivity contribution in [1.29, 1.82) is 0 Å². The van der Waals surface area contributed by atoms with Gasteiger partial charge in [0.15, 0.2) is 5.76 Å². The maximum Gasteiger partial charge on any atom is 0.247 e. The van der Waals surface area contributed by atoms with Crippen molar-refractivity contribution in [3.05, 3.63) is 52.5 Å². The number of fused-ring (bicyclic) bond motifs is 1. The van der Waals surface area contributed by atoms with E-state index in [2.05, 4.69) is 21.0 Å². The summed E-state index contributed by atoms with van der Waals surface area (Å²) in [6.45, 7) is 0. The monoisotopic (exact) mass is 304 g/mol. The highest BCUT2D eigenvalue weighted by Crippen LogP contribution is 2.24. The third-order valence-electron chi connectivity index (χ3n) is 2.76. The van der Waals surface area contributed by atoms with Crippen LogP contribution in [0.4, 0.5) is 0 Å². The molecule has 0 aliphatic heterocycles. The maximum atomic E-state index is 12.3. The zero-order chi connectivity index (χ0) is 12.7. The largest absolute Gasteiger partial charge is 0.453 e. The molecule has 1 aromatic carbocycles. The van der Waals surface area contributed by atoms with E-state index >= 15 is 0 Å². The number of carbonyl (C=O) groups is 1. The molecule has 0 spiro atoms. The van der Waals surface area contributed by atoms with Crippen molar-refractivity contribution in [2.75, 3.05) is 0 Å². The zero-order valence-electron chi connectivity index (χ0n) is 9.55. The molecule has 5 heteroatoms. The van der Waals surface area contributed by atoms with Crippen LogP contribution in [0.15, 0.2) is 45.4 Å². The molecule has 0 unspecified atom stereocenters. The number of aryl methyl sites for hydroxylation is 1. The lowest BCUT2D eigenvalue weighted by atomic mass is 10.2. The summed E-state index contributed by atoms with van der Waals surface area (Å²) in [5.74, 6) is 0.138. The van der Waals surface area contributed by atoms with E-state index in [1.807, 2.05) is 24.3 Å². The van der Waals surface area contributed by atoms with Crippen LogP contribution in [0.5, 0.6) is 0 Å². The molecule has 2 aromatic heterocycles. The number of hydrogen-bond donors (Lipinski definition) is 0. The second-order valence-corrected chi connectivity index (χ2v) is 4.80. The molecule has 0 saturated heterocycles. The lowest BCUT2D eigenvalue weighted by Gasteiger charge is -1.98. The first kappa shape index (κ1) is 11.2. The lowest BCUT2D eigenvalue weighted by molar-refractivity contribution is 0.100. The molecule has 0 atom stereocenters. The zero-order valence-corrected chi connectivity index (χ0v) is 11.1. The van der Waals surface area contributed by atoms with Crippen molar-refractivity contribution in [3.8, 4) is 0 Å². The fraction of sp³-hybridized carbons (Fsp3) is 0.0769. The van der Waals surface area contributed by atoms with Crippen LogP contribution in [0.1, 0.15) is 16.2 Å². The Bertz CT molecular complexity index is 690. The summed E-state index contributed by atoms with van der Waals surface area (Å²) in [6, 6.07) is 9.28. The summed E-state index contributed by atoms with van der Waals surface area (Å²) < 4.78 is 7.74. The first-order valence-corrected chi connectivity index (χ1v) is 6.17. The number of aromatic nitrogens is 2. The number of nitrogens with zero attached hydrogens (tertiary/aromatic N) is 2. The maximum absolute atomic E-state index is 12.3. The predicted octanol–water partition coefficient (Wildman–Crippen LogP) is 3.16. The molecule has 0 amide bonds. The van der Waals surface area contributed by atoms with Crippen molar-refractivity contribution in [2.24, 2.45) is 7.05 Å². The van der Waals surface area contributed by atoms with Crippen molar-refractivity contribution in [2.45, 2.75) is 0 Å². The summed E-state index contributed by atoms with van der Waals surface area (Å²) in [5.41, 5.74) is 1.19. The van der Waals surface area contributed by atoms with E-state index in [9.17, 15) is 4.79 Å². The Morgan fingerprint density at radius 3 is 2.83 bits per heavy atom. The van der Waals surface area contributed by atoms with Crippen LogP contribution >= 0.6 is 15.9 Å². The van der Waals surface area contributed by atoms with Gasteiger partial charge in [-0.1, -0.05) is 18.2 Å². The van der Waals surface area contributed by atoms with Gasteiger partial charge in [-0.3, -0.25) is 9.48 Å². The molecule has 0 N–H and O–H groups in total. The van der Waals surface area contributed by atoms with Gasteiger partial charge in [0, 0.05) is 12.4 Å². The Balaban J connectivity index is 2.12. The van der Waals surface area contributed by atoms with E-state index in [-0.39, 0.29) is 5.78 Å². The van der Waals surface area contributed by atoms with Crippen LogP contribution in [0.25, 0.3) is 11.0 Å². The number of rotatable bonds is 2. The minimum atomic E-state index is -0.182. The Morgan fingerprint density at radius 1 is 1.39 bits per heavy atom. The van der Waals surface area contributed by atoms with Crippen LogP contribution in [0.3, 0.4) is 0 Å². The van der Waals surface area contributed by atoms with Gasteiger partial charge in [0.1, 0.15) is 11.3 Å². The normalized spacial score (nSPS) is 11.0. The molecule has 4 nitrogen and oxygen atoms in total. The van der Waals surface area contributed by atoms with E-state index < -0.39 is 0 Å². The number of halogens is 1. The first-order chi connectivity index (χ1) is 8.66. The van der Waals surface area contributed by atoms with Gasteiger partial charge in [-0.05, 0) is 28.1 Å². The molecule has 90 valence electrons. The van der Waals surface area contributed by atoms with Gasteiger partial charge in [0.25, 0.3) is 0 Å². The topological polar surface area (TPSA) is 48.0 Å². The predicted molar refractivity (Wildman–Crippen MR) is 70.6 cm³/mol. The molecule has 3 aromatic rings. The van der Waals surface area contributed by atoms with Gasteiger partial charge in [0.2, 0.25) is 5.78 Å². The first-order valence-electron chi connectivity index (χ1n) is 5.37. The quantitative estimate of drug-likeness (QED) is 0.683. The second kappa shape index (κ2) is 4.10. The van der Waals surface area contributed by atoms with E-state index in [0.29, 0.717) is 21.5 Å². The van der Waals surface area contributed by atoms with Crippen LogP contribution in [0, 0.1) is 0 Å². The molecule has 0 radical (unpaired) electrons. The number of para-hydroxylation sites is 1. The molecule has 0 bridgehead atoms. The molecule has 3 rings (SSSR count). The summed E-state index contributed by atoms with van der Waals surface area (Å²) in [4.78, 5) is 12.3. The Morgan fingerprint density at radius 2 is 2.17 bits per heavy atom. The van der Waals surface area contributed by atoms with Gasteiger partial charge in [-0.2, -0.15) is 5.10 Å². The average Bonchev–Trinajstić information content (AvgIpc) is 2.92. The van der Waals surface area contributed by atoms with E-state index in [4.69, 9.17) is 4.42 Å². The van der Waals surface area contributed by atoms with E-state index in [1.54, 1.807) is 19.3 Å². The molecule has 0 saturated carbocycles. The minimum Gasteiger partial charge on any atom is -0.453 e. The molecule has 0 aliphatic rings. The average molecular weight is 305 g/mol. The van der Waals surface area contributed by atoms with Gasteiger partial charge in [-0.15, -0.1) is 0 Å². The van der Waals surface area contributed by atoms with Crippen molar-refractivity contribution >= 4 is 32.7 Å². The van der Waals surface area contributed by atoms with E-state index in [0.717, 1.165) is 5.39 Å². The van der Waals surface area contributed by atoms with Gasteiger partial charge < -0.3 is 4.42 Å². The third kappa shape index (κ3) is 1.67. The minimum absolute atomic E-state index is 0.182. The Kier molecular flexibility index (Phi) is 2.56. The van der Waals surface area contributed by atoms with Crippen molar-refractivity contribution in [3.63, 3.8) is 0 Å². The molecule has 18 heavy (non-hydrogen) atoms. The summed E-state index contributed by atoms with van der Waals surface area (Å²) >= 11 is 3.31. The smallest absolute Gasteiger partial charge is 0.247 e. The summed E-state index contributed by atoms with van der Waals surface area (Å²) in [5, 5.41) is 4.94. The van der Waals surface area contributed by atoms with Crippen LogP contribution in [-0.4, -0.2) is 15.6 Å². The lowest BCUT2D eigenvalue weighted by Crippen LogP contribution is -2.07.